The summed E-state index contributed by atoms with van der Waals surface area (Å²) in [7, 11) is 0. The molecule has 1 atom stereocenters. The number of halogens is 1. The van der Waals surface area contributed by atoms with Gasteiger partial charge in [-0.15, -0.1) is 0 Å². The van der Waals surface area contributed by atoms with Crippen LogP contribution in [0.25, 0.3) is 0 Å². The van der Waals surface area contributed by atoms with Crippen LogP contribution >= 0.6 is 11.6 Å². The zero-order chi connectivity index (χ0) is 25.3. The van der Waals surface area contributed by atoms with Gasteiger partial charge in [-0.25, -0.2) is 0 Å². The van der Waals surface area contributed by atoms with Gasteiger partial charge in [0.25, 0.3) is 11.8 Å². The third-order valence-electron chi connectivity index (χ3n) is 6.57. The number of hydrogen-bond donors (Lipinski definition) is 1. The van der Waals surface area contributed by atoms with Crippen molar-refractivity contribution in [3.8, 4) is 0 Å². The number of aryl methyl sites for hydroxylation is 2. The minimum absolute atomic E-state index is 0.0632. The summed E-state index contributed by atoms with van der Waals surface area (Å²) in [6, 6.07) is 18.3. The molecule has 1 heterocycles. The van der Waals surface area contributed by atoms with Gasteiger partial charge in [0.15, 0.2) is 0 Å². The Labute approximate surface area is 211 Å². The zero-order valence-electron chi connectivity index (χ0n) is 20.6. The summed E-state index contributed by atoms with van der Waals surface area (Å²) in [4.78, 5) is 30.6. The Morgan fingerprint density at radius 1 is 1.00 bits per heavy atom. The first-order valence-corrected chi connectivity index (χ1v) is 12.4. The van der Waals surface area contributed by atoms with E-state index >= 15 is 0 Å². The number of nitrogens with zero attached hydrogens (tertiary/aromatic N) is 2. The van der Waals surface area contributed by atoms with Gasteiger partial charge in [-0.1, -0.05) is 29.8 Å². The van der Waals surface area contributed by atoms with E-state index in [2.05, 4.69) is 0 Å². The lowest BCUT2D eigenvalue weighted by molar-refractivity contribution is 0.0976. The maximum atomic E-state index is 13.7. The van der Waals surface area contributed by atoms with Crippen LogP contribution in [0.2, 0.25) is 5.02 Å². The van der Waals surface area contributed by atoms with Crippen molar-refractivity contribution < 1.29 is 14.7 Å². The predicted molar refractivity (Wildman–Crippen MR) is 142 cm³/mol. The van der Waals surface area contributed by atoms with Crippen LogP contribution in [0.15, 0.2) is 60.7 Å². The highest BCUT2D eigenvalue weighted by Crippen LogP contribution is 2.36. The Bertz CT molecular complexity index is 1270. The minimum atomic E-state index is -0.656. The first kappa shape index (κ1) is 25.0. The van der Waals surface area contributed by atoms with Gasteiger partial charge in [0.1, 0.15) is 0 Å². The zero-order valence-corrected chi connectivity index (χ0v) is 21.3. The third kappa shape index (κ3) is 4.97. The number of aliphatic hydroxyl groups is 1. The molecule has 0 aliphatic carbocycles. The second-order valence-corrected chi connectivity index (χ2v) is 9.84. The lowest BCUT2D eigenvalue weighted by Crippen LogP contribution is -2.37. The molecule has 4 rings (SSSR count). The molecule has 5 nitrogen and oxygen atoms in total. The topological polar surface area (TPSA) is 60.9 Å². The Morgan fingerprint density at radius 3 is 2.43 bits per heavy atom. The van der Waals surface area contributed by atoms with E-state index in [1.165, 1.54) is 0 Å². The molecular weight excluding hydrogens is 460 g/mol. The van der Waals surface area contributed by atoms with Gasteiger partial charge in [0.05, 0.1) is 6.10 Å². The van der Waals surface area contributed by atoms with Crippen molar-refractivity contribution >= 4 is 34.8 Å². The number of aliphatic hydroxyl groups excluding tert-OH is 1. The maximum absolute atomic E-state index is 13.7. The average Bonchev–Trinajstić information content (AvgIpc) is 2.97. The Kier molecular flexibility index (Phi) is 7.29. The first-order chi connectivity index (χ1) is 16.7. The van der Waals surface area contributed by atoms with Crippen LogP contribution in [0.5, 0.6) is 0 Å². The van der Waals surface area contributed by atoms with Crippen LogP contribution in [-0.4, -0.2) is 29.5 Å². The summed E-state index contributed by atoms with van der Waals surface area (Å²) >= 11 is 6.17. The van der Waals surface area contributed by atoms with Gasteiger partial charge >= 0.3 is 0 Å². The highest BCUT2D eigenvalue weighted by Gasteiger charge is 2.28. The molecular formula is C29H31ClN2O3. The van der Waals surface area contributed by atoms with Crippen molar-refractivity contribution in [2.45, 2.75) is 52.7 Å². The second kappa shape index (κ2) is 10.2. The molecule has 3 aromatic carbocycles. The van der Waals surface area contributed by atoms with E-state index in [9.17, 15) is 14.7 Å². The second-order valence-electron chi connectivity index (χ2n) is 9.40. The lowest BCUT2D eigenvalue weighted by atomic mass is 10.0. The van der Waals surface area contributed by atoms with Gasteiger partial charge in [-0.3, -0.25) is 9.59 Å². The molecule has 0 saturated heterocycles. The number of anilines is 2. The van der Waals surface area contributed by atoms with Gasteiger partial charge < -0.3 is 14.9 Å². The van der Waals surface area contributed by atoms with Crippen LogP contribution in [0.4, 0.5) is 11.4 Å². The number of carbonyl (C=O) groups excluding carboxylic acids is 2. The molecule has 1 aliphatic heterocycles. The molecule has 0 fully saturated rings. The molecule has 1 aliphatic rings. The molecule has 0 radical (unpaired) electrons. The van der Waals surface area contributed by atoms with E-state index in [0.29, 0.717) is 46.8 Å². The average molecular weight is 491 g/mol. The standard InChI is InChI=1S/C29H31ClN2O3/c1-18(2)32(29(35)23-9-6-5-8-19(23)3)22-12-13-24(20(4)16-22)28(34)31-15-7-10-27(33)25-17-21(30)11-14-26(25)31/h5-6,8-9,11-14,16-18,27,33H,7,10,15H2,1-4H3. The molecule has 0 bridgehead atoms. The molecule has 0 aromatic heterocycles. The minimum Gasteiger partial charge on any atom is -0.388 e. The molecule has 1 unspecified atom stereocenters. The molecule has 35 heavy (non-hydrogen) atoms. The molecule has 3 aromatic rings. The fourth-order valence-corrected chi connectivity index (χ4v) is 4.92. The lowest BCUT2D eigenvalue weighted by Gasteiger charge is -2.29. The summed E-state index contributed by atoms with van der Waals surface area (Å²) in [6.07, 6.45) is 0.596. The van der Waals surface area contributed by atoms with E-state index in [1.54, 1.807) is 34.1 Å². The van der Waals surface area contributed by atoms with Crippen molar-refractivity contribution in [3.63, 3.8) is 0 Å². The summed E-state index contributed by atoms with van der Waals surface area (Å²) in [6.45, 7) is 8.30. The van der Waals surface area contributed by atoms with Crippen molar-refractivity contribution in [3.05, 3.63) is 93.5 Å². The Balaban J connectivity index is 1.68. The number of benzene rings is 3. The fourth-order valence-electron chi connectivity index (χ4n) is 4.74. The SMILES string of the molecule is Cc1cc(N(C(=O)c2ccccc2C)C(C)C)ccc1C(=O)N1CCCC(O)c2cc(Cl)ccc21. The van der Waals surface area contributed by atoms with Gasteiger partial charge in [0.2, 0.25) is 0 Å². The fraction of sp³-hybridized carbons (Fsp3) is 0.310. The largest absolute Gasteiger partial charge is 0.388 e. The maximum Gasteiger partial charge on any atom is 0.258 e. The smallest absolute Gasteiger partial charge is 0.258 e. The quantitative estimate of drug-likeness (QED) is 0.455. The normalized spacial score (nSPS) is 15.5. The van der Waals surface area contributed by atoms with Gasteiger partial charge in [0, 0.05) is 45.7 Å². The predicted octanol–water partition coefficient (Wildman–Crippen LogP) is 6.49. The third-order valence-corrected chi connectivity index (χ3v) is 6.81. The molecule has 0 saturated carbocycles. The molecule has 6 heteroatoms. The van der Waals surface area contributed by atoms with E-state index in [-0.39, 0.29) is 17.9 Å². The van der Waals surface area contributed by atoms with Gasteiger partial charge in [-0.05, 0) is 94.1 Å². The summed E-state index contributed by atoms with van der Waals surface area (Å²) < 4.78 is 0. The van der Waals surface area contributed by atoms with E-state index in [4.69, 9.17) is 11.6 Å². The summed E-state index contributed by atoms with van der Waals surface area (Å²) in [5.74, 6) is -0.197. The van der Waals surface area contributed by atoms with Crippen LogP contribution < -0.4 is 9.80 Å². The number of amides is 2. The number of hydrogen-bond acceptors (Lipinski definition) is 3. The highest BCUT2D eigenvalue weighted by atomic mass is 35.5. The van der Waals surface area contributed by atoms with Gasteiger partial charge in [-0.2, -0.15) is 0 Å². The first-order valence-electron chi connectivity index (χ1n) is 12.0. The molecule has 0 spiro atoms. The molecule has 2 amide bonds. The Hall–Kier alpha value is -3.15. The van der Waals surface area contributed by atoms with Crippen molar-refractivity contribution in [2.75, 3.05) is 16.3 Å². The van der Waals surface area contributed by atoms with Crippen LogP contribution in [0, 0.1) is 13.8 Å². The summed E-state index contributed by atoms with van der Waals surface area (Å²) in [5, 5.41) is 11.1. The number of fused-ring (bicyclic) bond motifs is 1. The van der Waals surface area contributed by atoms with Crippen molar-refractivity contribution in [2.24, 2.45) is 0 Å². The van der Waals surface area contributed by atoms with E-state index in [0.717, 1.165) is 16.8 Å². The van der Waals surface area contributed by atoms with Crippen LogP contribution in [0.1, 0.15) is 70.2 Å². The monoisotopic (exact) mass is 490 g/mol. The van der Waals surface area contributed by atoms with E-state index < -0.39 is 6.10 Å². The van der Waals surface area contributed by atoms with E-state index in [1.807, 2.05) is 64.1 Å². The molecule has 1 N–H and O–H groups in total. The van der Waals surface area contributed by atoms with Crippen LogP contribution in [-0.2, 0) is 0 Å². The highest BCUT2D eigenvalue weighted by molar-refractivity contribution is 6.30. The number of carbonyl (C=O) groups is 2. The Morgan fingerprint density at radius 2 is 1.74 bits per heavy atom. The van der Waals surface area contributed by atoms with Crippen LogP contribution in [0.3, 0.4) is 0 Å². The number of rotatable bonds is 4. The van der Waals surface area contributed by atoms with Crippen molar-refractivity contribution in [1.82, 2.24) is 0 Å². The van der Waals surface area contributed by atoms with Crippen molar-refractivity contribution in [1.29, 1.82) is 0 Å². The molecule has 182 valence electrons. The summed E-state index contributed by atoms with van der Waals surface area (Å²) in [5.41, 5.74) is 5.06.